The second kappa shape index (κ2) is 6.06. The van der Waals surface area contributed by atoms with Gasteiger partial charge in [-0.3, -0.25) is 0 Å². The molecule has 1 aliphatic rings. The summed E-state index contributed by atoms with van der Waals surface area (Å²) in [6.45, 7) is 3.75. The van der Waals surface area contributed by atoms with Crippen LogP contribution < -0.4 is 9.64 Å². The molecule has 6 nitrogen and oxygen atoms in total. The van der Waals surface area contributed by atoms with Gasteiger partial charge in [-0.05, 0) is 23.9 Å². The zero-order chi connectivity index (χ0) is 16.5. The van der Waals surface area contributed by atoms with Gasteiger partial charge in [-0.25, -0.2) is 15.0 Å². The first-order chi connectivity index (χ1) is 11.7. The third-order valence-corrected chi connectivity index (χ3v) is 5.14. The first-order valence-electron chi connectivity index (χ1n) is 7.71. The van der Waals surface area contributed by atoms with Crippen molar-refractivity contribution in [2.75, 3.05) is 18.0 Å². The predicted octanol–water partition coefficient (Wildman–Crippen LogP) is 2.92. The monoisotopic (exact) mass is 337 g/mol. The highest BCUT2D eigenvalue weighted by molar-refractivity contribution is 7.17. The van der Waals surface area contributed by atoms with Crippen LogP contribution in [-0.2, 0) is 0 Å². The van der Waals surface area contributed by atoms with Gasteiger partial charge >= 0.3 is 0 Å². The van der Waals surface area contributed by atoms with Gasteiger partial charge in [0.25, 0.3) is 0 Å². The molecule has 0 amide bonds. The lowest BCUT2D eigenvalue weighted by atomic mass is 10.2. The molecular formula is C17H15N5OS. The van der Waals surface area contributed by atoms with Crippen LogP contribution in [0.1, 0.15) is 17.5 Å². The summed E-state index contributed by atoms with van der Waals surface area (Å²) in [7, 11) is 0. The number of rotatable bonds is 3. The Morgan fingerprint density at radius 3 is 3.04 bits per heavy atom. The van der Waals surface area contributed by atoms with Crippen LogP contribution >= 0.6 is 11.3 Å². The maximum atomic E-state index is 8.82. The number of aryl methyl sites for hydroxylation is 1. The van der Waals surface area contributed by atoms with Gasteiger partial charge in [-0.2, -0.15) is 5.26 Å². The number of fused-ring (bicyclic) bond motifs is 1. The normalized spacial score (nSPS) is 17.2. The lowest BCUT2D eigenvalue weighted by molar-refractivity contribution is 0.216. The molecule has 0 unspecified atom stereocenters. The molecule has 3 aromatic rings. The Morgan fingerprint density at radius 2 is 2.25 bits per heavy atom. The molecule has 1 saturated heterocycles. The Morgan fingerprint density at radius 1 is 1.33 bits per heavy atom. The Balaban J connectivity index is 1.51. The van der Waals surface area contributed by atoms with E-state index >= 15 is 0 Å². The summed E-state index contributed by atoms with van der Waals surface area (Å²) in [5.74, 6) is 1.54. The number of nitrogens with zero attached hydrogens (tertiary/aromatic N) is 5. The summed E-state index contributed by atoms with van der Waals surface area (Å²) in [6.07, 6.45) is 4.14. The molecule has 120 valence electrons. The lowest BCUT2D eigenvalue weighted by Gasteiger charge is -2.18. The van der Waals surface area contributed by atoms with Crippen molar-refractivity contribution in [3.05, 3.63) is 41.2 Å². The van der Waals surface area contributed by atoms with Crippen LogP contribution in [0.15, 0.2) is 30.0 Å². The molecule has 1 atom stereocenters. The zero-order valence-electron chi connectivity index (χ0n) is 13.1. The zero-order valence-corrected chi connectivity index (χ0v) is 14.0. The van der Waals surface area contributed by atoms with Gasteiger partial charge in [-0.15, -0.1) is 11.3 Å². The Labute approximate surface area is 143 Å². The van der Waals surface area contributed by atoms with Crippen molar-refractivity contribution in [2.45, 2.75) is 19.4 Å². The molecule has 24 heavy (non-hydrogen) atoms. The van der Waals surface area contributed by atoms with Gasteiger partial charge in [0.1, 0.15) is 29.1 Å². The summed E-state index contributed by atoms with van der Waals surface area (Å²) in [5.41, 5.74) is 1.75. The number of anilines is 1. The SMILES string of the molecule is Cc1csc2ncnc(N3CC[C@H](Oc4ccc(C#N)cn4)C3)c12. The van der Waals surface area contributed by atoms with Crippen LogP contribution in [0.5, 0.6) is 5.88 Å². The summed E-state index contributed by atoms with van der Waals surface area (Å²) in [4.78, 5) is 16.3. The summed E-state index contributed by atoms with van der Waals surface area (Å²) < 4.78 is 5.95. The quantitative estimate of drug-likeness (QED) is 0.731. The van der Waals surface area contributed by atoms with Crippen LogP contribution in [0.3, 0.4) is 0 Å². The summed E-state index contributed by atoms with van der Waals surface area (Å²) in [6, 6.07) is 5.52. The fraction of sp³-hybridized carbons (Fsp3) is 0.294. The van der Waals surface area contributed by atoms with E-state index in [0.29, 0.717) is 11.4 Å². The minimum atomic E-state index is 0.0643. The van der Waals surface area contributed by atoms with Crippen molar-refractivity contribution in [3.63, 3.8) is 0 Å². The second-order valence-corrected chi connectivity index (χ2v) is 6.63. The van der Waals surface area contributed by atoms with Crippen molar-refractivity contribution in [1.29, 1.82) is 5.26 Å². The number of hydrogen-bond acceptors (Lipinski definition) is 7. The Bertz CT molecular complexity index is 915. The molecule has 3 aromatic heterocycles. The van der Waals surface area contributed by atoms with Crippen LogP contribution in [0.4, 0.5) is 5.82 Å². The first kappa shape index (κ1) is 14.8. The van der Waals surface area contributed by atoms with E-state index in [0.717, 1.165) is 35.5 Å². The maximum Gasteiger partial charge on any atom is 0.213 e. The minimum absolute atomic E-state index is 0.0643. The molecule has 0 aromatic carbocycles. The van der Waals surface area contributed by atoms with E-state index in [-0.39, 0.29) is 6.10 Å². The molecule has 1 fully saturated rings. The number of ether oxygens (including phenoxy) is 1. The Kier molecular flexibility index (Phi) is 3.75. The van der Waals surface area contributed by atoms with Gasteiger partial charge < -0.3 is 9.64 Å². The molecule has 0 aliphatic carbocycles. The lowest BCUT2D eigenvalue weighted by Crippen LogP contribution is -2.25. The van der Waals surface area contributed by atoms with Crippen LogP contribution in [0, 0.1) is 18.3 Å². The summed E-state index contributed by atoms with van der Waals surface area (Å²) in [5, 5.41) is 12.1. The molecular weight excluding hydrogens is 322 g/mol. The number of hydrogen-bond donors (Lipinski definition) is 0. The van der Waals surface area contributed by atoms with E-state index in [4.69, 9.17) is 10.00 Å². The molecule has 0 radical (unpaired) electrons. The van der Waals surface area contributed by atoms with Crippen molar-refractivity contribution < 1.29 is 4.74 Å². The van der Waals surface area contributed by atoms with Gasteiger partial charge in [0.2, 0.25) is 5.88 Å². The van der Waals surface area contributed by atoms with E-state index in [9.17, 15) is 0 Å². The fourth-order valence-corrected chi connectivity index (χ4v) is 3.83. The number of aromatic nitrogens is 3. The van der Waals surface area contributed by atoms with Crippen LogP contribution in [0.2, 0.25) is 0 Å². The van der Waals surface area contributed by atoms with Gasteiger partial charge in [0.15, 0.2) is 0 Å². The molecule has 4 heterocycles. The largest absolute Gasteiger partial charge is 0.472 e. The average Bonchev–Trinajstić information content (AvgIpc) is 3.23. The van der Waals surface area contributed by atoms with Crippen molar-refractivity contribution in [2.24, 2.45) is 0 Å². The number of thiophene rings is 1. The van der Waals surface area contributed by atoms with Crippen molar-refractivity contribution in [1.82, 2.24) is 15.0 Å². The van der Waals surface area contributed by atoms with Crippen molar-refractivity contribution in [3.8, 4) is 11.9 Å². The minimum Gasteiger partial charge on any atom is -0.472 e. The predicted molar refractivity (Wildman–Crippen MR) is 92.4 cm³/mol. The molecule has 0 N–H and O–H groups in total. The van der Waals surface area contributed by atoms with Gasteiger partial charge in [0, 0.05) is 25.2 Å². The van der Waals surface area contributed by atoms with Gasteiger partial charge in [0.05, 0.1) is 17.5 Å². The molecule has 1 aliphatic heterocycles. The smallest absolute Gasteiger partial charge is 0.213 e. The summed E-state index contributed by atoms with van der Waals surface area (Å²) >= 11 is 1.65. The second-order valence-electron chi connectivity index (χ2n) is 5.77. The van der Waals surface area contributed by atoms with Crippen LogP contribution in [0.25, 0.3) is 10.2 Å². The first-order valence-corrected chi connectivity index (χ1v) is 8.59. The Hall–Kier alpha value is -2.72. The third-order valence-electron chi connectivity index (χ3n) is 4.13. The van der Waals surface area contributed by atoms with Crippen LogP contribution in [-0.4, -0.2) is 34.1 Å². The van der Waals surface area contributed by atoms with Gasteiger partial charge in [-0.1, -0.05) is 0 Å². The highest BCUT2D eigenvalue weighted by atomic mass is 32.1. The van der Waals surface area contributed by atoms with E-state index in [1.807, 2.05) is 0 Å². The molecule has 0 spiro atoms. The maximum absolute atomic E-state index is 8.82. The average molecular weight is 337 g/mol. The third kappa shape index (κ3) is 2.65. The van der Waals surface area contributed by atoms with E-state index < -0.39 is 0 Å². The highest BCUT2D eigenvalue weighted by Crippen LogP contribution is 2.32. The molecule has 0 bridgehead atoms. The van der Waals surface area contributed by atoms with Crippen molar-refractivity contribution >= 4 is 27.4 Å². The standard InChI is InChI=1S/C17H15N5OS/c1-11-9-24-17-15(11)16(20-10-21-17)22-5-4-13(8-22)23-14-3-2-12(6-18)7-19-14/h2-3,7,9-10,13H,4-5,8H2,1H3/t13-/m0/s1. The number of nitriles is 1. The topological polar surface area (TPSA) is 74.9 Å². The number of pyridine rings is 1. The van der Waals surface area contributed by atoms with E-state index in [2.05, 4.69) is 38.2 Å². The molecule has 7 heteroatoms. The molecule has 0 saturated carbocycles. The highest BCUT2D eigenvalue weighted by Gasteiger charge is 2.27. The van der Waals surface area contributed by atoms with E-state index in [1.165, 1.54) is 11.8 Å². The van der Waals surface area contributed by atoms with E-state index in [1.54, 1.807) is 29.8 Å². The molecule has 4 rings (SSSR count). The fourth-order valence-electron chi connectivity index (χ4n) is 2.94.